The largest absolute Gasteiger partial charge is 0.416 e. The molecule has 7 heteroatoms. The van der Waals surface area contributed by atoms with E-state index in [9.17, 15) is 13.2 Å². The fourth-order valence-electron chi connectivity index (χ4n) is 1.47. The van der Waals surface area contributed by atoms with Crippen molar-refractivity contribution in [3.63, 3.8) is 0 Å². The molecule has 0 saturated heterocycles. The number of nitrogens with one attached hydrogen (secondary N) is 1. The van der Waals surface area contributed by atoms with Gasteiger partial charge in [0, 0.05) is 13.5 Å². The van der Waals surface area contributed by atoms with Gasteiger partial charge in [-0.2, -0.15) is 18.2 Å². The maximum Gasteiger partial charge on any atom is 0.416 e. The highest BCUT2D eigenvalue weighted by Crippen LogP contribution is 2.29. The van der Waals surface area contributed by atoms with Gasteiger partial charge >= 0.3 is 12.2 Å². The minimum Gasteiger partial charge on any atom is -0.341 e. The lowest BCUT2D eigenvalue weighted by Crippen LogP contribution is -2.05. The molecule has 96 valence electrons. The zero-order chi connectivity index (χ0) is 13.2. The van der Waals surface area contributed by atoms with Crippen LogP contribution in [0.4, 0.5) is 19.2 Å². The van der Waals surface area contributed by atoms with Gasteiger partial charge in [-0.1, -0.05) is 23.4 Å². The van der Waals surface area contributed by atoms with Crippen molar-refractivity contribution >= 4 is 6.01 Å². The summed E-state index contributed by atoms with van der Waals surface area (Å²) in [5.41, 5.74) is -0.203. The van der Waals surface area contributed by atoms with Crippen molar-refractivity contribution in [3.8, 4) is 0 Å². The van der Waals surface area contributed by atoms with E-state index in [4.69, 9.17) is 4.52 Å². The molecule has 4 nitrogen and oxygen atoms in total. The molecule has 0 fully saturated rings. The zero-order valence-corrected chi connectivity index (χ0v) is 9.45. The van der Waals surface area contributed by atoms with Crippen LogP contribution in [0.3, 0.4) is 0 Å². The SMILES string of the molecule is CNc1nc(Cc2cccc(C(F)(F)F)c2)no1. The van der Waals surface area contributed by atoms with Crippen LogP contribution in [-0.2, 0) is 12.6 Å². The number of aromatic nitrogens is 2. The highest BCUT2D eigenvalue weighted by molar-refractivity contribution is 5.28. The first-order chi connectivity index (χ1) is 8.49. The van der Waals surface area contributed by atoms with E-state index >= 15 is 0 Å². The fourth-order valence-corrected chi connectivity index (χ4v) is 1.47. The van der Waals surface area contributed by atoms with Crippen LogP contribution >= 0.6 is 0 Å². The maximum absolute atomic E-state index is 12.5. The lowest BCUT2D eigenvalue weighted by Gasteiger charge is -2.07. The van der Waals surface area contributed by atoms with Crippen molar-refractivity contribution < 1.29 is 17.7 Å². The number of hydrogen-bond acceptors (Lipinski definition) is 4. The summed E-state index contributed by atoms with van der Waals surface area (Å²) < 4.78 is 42.3. The smallest absolute Gasteiger partial charge is 0.341 e. The molecule has 0 aliphatic rings. The van der Waals surface area contributed by atoms with Crippen LogP contribution in [-0.4, -0.2) is 17.2 Å². The average Bonchev–Trinajstić information content (AvgIpc) is 2.76. The predicted octanol–water partition coefficient (Wildman–Crippen LogP) is 2.72. The van der Waals surface area contributed by atoms with Crippen molar-refractivity contribution in [1.29, 1.82) is 0 Å². The number of alkyl halides is 3. The van der Waals surface area contributed by atoms with Gasteiger partial charge < -0.3 is 9.84 Å². The van der Waals surface area contributed by atoms with Gasteiger partial charge in [0.2, 0.25) is 0 Å². The van der Waals surface area contributed by atoms with Crippen LogP contribution in [0.15, 0.2) is 28.8 Å². The summed E-state index contributed by atoms with van der Waals surface area (Å²) in [5.74, 6) is 0.332. The van der Waals surface area contributed by atoms with Crippen molar-refractivity contribution in [2.75, 3.05) is 12.4 Å². The first-order valence-corrected chi connectivity index (χ1v) is 5.15. The quantitative estimate of drug-likeness (QED) is 0.918. The van der Waals surface area contributed by atoms with E-state index in [0.29, 0.717) is 11.4 Å². The van der Waals surface area contributed by atoms with E-state index < -0.39 is 11.7 Å². The summed E-state index contributed by atoms with van der Waals surface area (Å²) >= 11 is 0. The van der Waals surface area contributed by atoms with Crippen molar-refractivity contribution in [2.45, 2.75) is 12.6 Å². The molecule has 1 aromatic carbocycles. The molecule has 18 heavy (non-hydrogen) atoms. The van der Waals surface area contributed by atoms with E-state index in [1.165, 1.54) is 6.07 Å². The van der Waals surface area contributed by atoms with E-state index in [1.807, 2.05) is 0 Å². The molecule has 1 N–H and O–H groups in total. The molecule has 0 atom stereocenters. The van der Waals surface area contributed by atoms with Gasteiger partial charge in [-0.25, -0.2) is 0 Å². The number of anilines is 1. The second kappa shape index (κ2) is 4.67. The normalized spacial score (nSPS) is 11.6. The van der Waals surface area contributed by atoms with Crippen molar-refractivity contribution in [3.05, 3.63) is 41.2 Å². The number of halogens is 3. The van der Waals surface area contributed by atoms with Crippen LogP contribution < -0.4 is 5.32 Å². The standard InChI is InChI=1S/C11H10F3N3O/c1-15-10-16-9(17-18-10)6-7-3-2-4-8(5-7)11(12,13)14/h2-5H,6H2,1H3,(H,15,16,17). The summed E-state index contributed by atoms with van der Waals surface area (Å²) in [6.07, 6.45) is -4.15. The van der Waals surface area contributed by atoms with E-state index in [2.05, 4.69) is 15.5 Å². The Labute approximate surface area is 101 Å². The lowest BCUT2D eigenvalue weighted by atomic mass is 10.1. The minimum atomic E-state index is -4.34. The van der Waals surface area contributed by atoms with Gasteiger partial charge in [-0.15, -0.1) is 0 Å². The zero-order valence-electron chi connectivity index (χ0n) is 9.45. The lowest BCUT2D eigenvalue weighted by molar-refractivity contribution is -0.137. The number of benzene rings is 1. The second-order valence-electron chi connectivity index (χ2n) is 3.64. The van der Waals surface area contributed by atoms with Gasteiger partial charge in [-0.05, 0) is 11.6 Å². The molecule has 0 aliphatic carbocycles. The molecule has 0 spiro atoms. The Morgan fingerprint density at radius 3 is 2.72 bits per heavy atom. The Morgan fingerprint density at radius 1 is 1.33 bits per heavy atom. The molecule has 0 amide bonds. The molecular formula is C11H10F3N3O. The molecule has 0 radical (unpaired) electrons. The summed E-state index contributed by atoms with van der Waals surface area (Å²) in [5, 5.41) is 6.29. The van der Waals surface area contributed by atoms with Gasteiger partial charge in [0.15, 0.2) is 5.82 Å². The summed E-state index contributed by atoms with van der Waals surface area (Å²) in [6, 6.07) is 5.28. The van der Waals surface area contributed by atoms with Gasteiger partial charge in [0.05, 0.1) is 5.56 Å². The molecule has 2 rings (SSSR count). The summed E-state index contributed by atoms with van der Waals surface area (Å²) in [4.78, 5) is 3.95. The molecule has 0 aliphatic heterocycles. The van der Waals surface area contributed by atoms with E-state index in [0.717, 1.165) is 12.1 Å². The van der Waals surface area contributed by atoms with Gasteiger partial charge in [0.1, 0.15) is 0 Å². The molecule has 0 saturated carbocycles. The second-order valence-corrected chi connectivity index (χ2v) is 3.64. The number of rotatable bonds is 3. The molecule has 1 aromatic heterocycles. The van der Waals surface area contributed by atoms with Crippen LogP contribution in [0.25, 0.3) is 0 Å². The molecule has 0 unspecified atom stereocenters. The van der Waals surface area contributed by atoms with Crippen LogP contribution in [0.2, 0.25) is 0 Å². The Balaban J connectivity index is 2.19. The average molecular weight is 257 g/mol. The predicted molar refractivity (Wildman–Crippen MR) is 58.1 cm³/mol. The van der Waals surface area contributed by atoms with Crippen molar-refractivity contribution in [1.82, 2.24) is 10.1 Å². The van der Waals surface area contributed by atoms with Crippen molar-refractivity contribution in [2.24, 2.45) is 0 Å². The van der Waals surface area contributed by atoms with Crippen LogP contribution in [0, 0.1) is 0 Å². The molecule has 2 aromatic rings. The fraction of sp³-hybridized carbons (Fsp3) is 0.273. The maximum atomic E-state index is 12.5. The summed E-state index contributed by atoms with van der Waals surface area (Å²) in [7, 11) is 1.61. The van der Waals surface area contributed by atoms with Crippen LogP contribution in [0.5, 0.6) is 0 Å². The third-order valence-corrected chi connectivity index (χ3v) is 2.30. The summed E-state index contributed by atoms with van der Waals surface area (Å²) in [6.45, 7) is 0. The van der Waals surface area contributed by atoms with E-state index in [1.54, 1.807) is 13.1 Å². The number of nitrogens with zero attached hydrogens (tertiary/aromatic N) is 2. The first-order valence-electron chi connectivity index (χ1n) is 5.15. The van der Waals surface area contributed by atoms with Gasteiger partial charge in [-0.3, -0.25) is 0 Å². The minimum absolute atomic E-state index is 0.190. The Hall–Kier alpha value is -2.05. The Bertz CT molecular complexity index is 536. The molecule has 0 bridgehead atoms. The third kappa shape index (κ3) is 2.79. The highest BCUT2D eigenvalue weighted by atomic mass is 19.4. The first kappa shape index (κ1) is 12.4. The topological polar surface area (TPSA) is 51.0 Å². The monoisotopic (exact) mass is 257 g/mol. The Morgan fingerprint density at radius 2 is 2.11 bits per heavy atom. The molecular weight excluding hydrogens is 247 g/mol. The molecule has 1 heterocycles. The van der Waals surface area contributed by atoms with E-state index in [-0.39, 0.29) is 12.4 Å². The van der Waals surface area contributed by atoms with Gasteiger partial charge in [0.25, 0.3) is 0 Å². The van der Waals surface area contributed by atoms with Crippen LogP contribution in [0.1, 0.15) is 17.0 Å². The Kier molecular flexibility index (Phi) is 3.22. The highest BCUT2D eigenvalue weighted by Gasteiger charge is 2.30. The number of hydrogen-bond donors (Lipinski definition) is 1. The third-order valence-electron chi connectivity index (χ3n) is 2.30.